The van der Waals surface area contributed by atoms with Crippen LogP contribution in [0, 0.1) is 0 Å². The highest BCUT2D eigenvalue weighted by atomic mass is 16.3. The van der Waals surface area contributed by atoms with E-state index in [1.807, 2.05) is 0 Å². The fourth-order valence-electron chi connectivity index (χ4n) is 1.08. The van der Waals surface area contributed by atoms with Crippen LogP contribution in [0.25, 0.3) is 0 Å². The van der Waals surface area contributed by atoms with E-state index in [1.165, 1.54) is 0 Å². The van der Waals surface area contributed by atoms with Crippen molar-refractivity contribution in [3.05, 3.63) is 0 Å². The first-order chi connectivity index (χ1) is 5.24. The molecule has 0 bridgehead atoms. The topological polar surface area (TPSA) is 52.5 Å². The van der Waals surface area contributed by atoms with E-state index in [9.17, 15) is 0 Å². The van der Waals surface area contributed by atoms with E-state index in [0.717, 1.165) is 12.8 Å². The molecule has 0 aromatic heterocycles. The Hall–Kier alpha value is -0.120. The van der Waals surface area contributed by atoms with Gasteiger partial charge in [0.15, 0.2) is 0 Å². The number of aliphatic hydroxyl groups is 2. The highest BCUT2D eigenvalue weighted by molar-refractivity contribution is 4.68. The van der Waals surface area contributed by atoms with Gasteiger partial charge in [0.2, 0.25) is 0 Å². The van der Waals surface area contributed by atoms with Gasteiger partial charge in [0.05, 0.1) is 19.3 Å². The van der Waals surface area contributed by atoms with E-state index in [2.05, 4.69) is 19.2 Å². The molecule has 0 amide bonds. The molecule has 0 spiro atoms. The predicted molar refractivity (Wildman–Crippen MR) is 45.5 cm³/mol. The Morgan fingerprint density at radius 3 is 2.18 bits per heavy atom. The average molecular weight is 161 g/mol. The number of hydrogen-bond donors (Lipinski definition) is 3. The molecule has 3 N–H and O–H groups in total. The van der Waals surface area contributed by atoms with E-state index in [1.54, 1.807) is 0 Å². The molecular weight excluding hydrogens is 142 g/mol. The SMILES string of the molecule is CCC[C@@H](C)NC(CO)CO. The van der Waals surface area contributed by atoms with E-state index in [-0.39, 0.29) is 19.3 Å². The lowest BCUT2D eigenvalue weighted by atomic mass is 10.2. The lowest BCUT2D eigenvalue weighted by molar-refractivity contribution is 0.162. The van der Waals surface area contributed by atoms with Gasteiger partial charge in [-0.25, -0.2) is 0 Å². The Bertz CT molecular complexity index is 84.2. The van der Waals surface area contributed by atoms with Gasteiger partial charge in [-0.3, -0.25) is 0 Å². The third-order valence-electron chi connectivity index (χ3n) is 1.68. The second-order valence-electron chi connectivity index (χ2n) is 2.92. The standard InChI is InChI=1S/C8H19NO2/c1-3-4-7(2)9-8(5-10)6-11/h7-11H,3-6H2,1-2H3/t7-/m1/s1. The van der Waals surface area contributed by atoms with Crippen LogP contribution < -0.4 is 5.32 Å². The maximum absolute atomic E-state index is 8.72. The number of nitrogens with one attached hydrogen (secondary N) is 1. The van der Waals surface area contributed by atoms with Gasteiger partial charge in [-0.15, -0.1) is 0 Å². The molecule has 0 heterocycles. The van der Waals surface area contributed by atoms with Crippen LogP contribution in [0.15, 0.2) is 0 Å². The highest BCUT2D eigenvalue weighted by Gasteiger charge is 2.08. The van der Waals surface area contributed by atoms with Gasteiger partial charge >= 0.3 is 0 Å². The summed E-state index contributed by atoms with van der Waals surface area (Å²) in [6.45, 7) is 4.18. The summed E-state index contributed by atoms with van der Waals surface area (Å²) >= 11 is 0. The fraction of sp³-hybridized carbons (Fsp3) is 1.00. The summed E-state index contributed by atoms with van der Waals surface area (Å²) in [5, 5.41) is 20.6. The molecule has 3 nitrogen and oxygen atoms in total. The van der Waals surface area contributed by atoms with Crippen LogP contribution in [-0.4, -0.2) is 35.5 Å². The number of aliphatic hydroxyl groups excluding tert-OH is 2. The Morgan fingerprint density at radius 1 is 1.27 bits per heavy atom. The summed E-state index contributed by atoms with van der Waals surface area (Å²) in [6, 6.07) is 0.223. The predicted octanol–water partition coefficient (Wildman–Crippen LogP) is 0.118. The molecular formula is C8H19NO2. The van der Waals surface area contributed by atoms with Crippen molar-refractivity contribution in [3.8, 4) is 0 Å². The molecule has 0 aliphatic rings. The lowest BCUT2D eigenvalue weighted by Gasteiger charge is -2.18. The highest BCUT2D eigenvalue weighted by Crippen LogP contribution is 1.96. The van der Waals surface area contributed by atoms with E-state index >= 15 is 0 Å². The van der Waals surface area contributed by atoms with Gasteiger partial charge < -0.3 is 15.5 Å². The third kappa shape index (κ3) is 5.18. The minimum absolute atomic E-state index is 0.00452. The Balaban J connectivity index is 3.44. The molecule has 0 saturated heterocycles. The van der Waals surface area contributed by atoms with Crippen molar-refractivity contribution in [3.63, 3.8) is 0 Å². The molecule has 0 rings (SSSR count). The first kappa shape index (κ1) is 10.9. The fourth-order valence-corrected chi connectivity index (χ4v) is 1.08. The zero-order chi connectivity index (χ0) is 8.69. The van der Waals surface area contributed by atoms with Crippen LogP contribution in [0.1, 0.15) is 26.7 Å². The van der Waals surface area contributed by atoms with Crippen LogP contribution in [0.3, 0.4) is 0 Å². The van der Waals surface area contributed by atoms with Crippen LogP contribution in [0.2, 0.25) is 0 Å². The smallest absolute Gasteiger partial charge is 0.0607 e. The molecule has 0 unspecified atom stereocenters. The first-order valence-electron chi connectivity index (χ1n) is 4.22. The molecule has 68 valence electrons. The Labute approximate surface area is 68.4 Å². The third-order valence-corrected chi connectivity index (χ3v) is 1.68. The van der Waals surface area contributed by atoms with E-state index in [0.29, 0.717) is 6.04 Å². The van der Waals surface area contributed by atoms with E-state index in [4.69, 9.17) is 10.2 Å². The zero-order valence-corrected chi connectivity index (χ0v) is 7.38. The summed E-state index contributed by atoms with van der Waals surface area (Å²) in [7, 11) is 0. The van der Waals surface area contributed by atoms with Gasteiger partial charge in [-0.05, 0) is 13.3 Å². The normalized spacial score (nSPS) is 13.9. The molecule has 0 aliphatic heterocycles. The van der Waals surface area contributed by atoms with Crippen molar-refractivity contribution in [1.29, 1.82) is 0 Å². The van der Waals surface area contributed by atoms with Crippen molar-refractivity contribution in [2.45, 2.75) is 38.8 Å². The van der Waals surface area contributed by atoms with Gasteiger partial charge in [0, 0.05) is 6.04 Å². The molecule has 0 saturated carbocycles. The summed E-state index contributed by atoms with van der Waals surface area (Å²) in [6.07, 6.45) is 2.20. The van der Waals surface area contributed by atoms with Gasteiger partial charge in [-0.2, -0.15) is 0 Å². The zero-order valence-electron chi connectivity index (χ0n) is 7.38. The van der Waals surface area contributed by atoms with Crippen LogP contribution >= 0.6 is 0 Å². The summed E-state index contributed by atoms with van der Waals surface area (Å²) in [5.41, 5.74) is 0. The van der Waals surface area contributed by atoms with Crippen LogP contribution in [0.5, 0.6) is 0 Å². The summed E-state index contributed by atoms with van der Waals surface area (Å²) in [4.78, 5) is 0. The minimum Gasteiger partial charge on any atom is -0.395 e. The van der Waals surface area contributed by atoms with Crippen molar-refractivity contribution in [1.82, 2.24) is 5.32 Å². The quantitative estimate of drug-likeness (QED) is 0.518. The Kier molecular flexibility index (Phi) is 6.51. The lowest BCUT2D eigenvalue weighted by Crippen LogP contribution is -2.41. The van der Waals surface area contributed by atoms with Gasteiger partial charge in [0.1, 0.15) is 0 Å². The first-order valence-corrected chi connectivity index (χ1v) is 4.22. The number of rotatable bonds is 6. The molecule has 0 fully saturated rings. The monoisotopic (exact) mass is 161 g/mol. The molecule has 0 aromatic carbocycles. The average Bonchev–Trinajstić information content (AvgIpc) is 2.01. The molecule has 1 atom stereocenters. The molecule has 0 aliphatic carbocycles. The summed E-state index contributed by atoms with van der Waals surface area (Å²) < 4.78 is 0. The van der Waals surface area contributed by atoms with Crippen LogP contribution in [0.4, 0.5) is 0 Å². The van der Waals surface area contributed by atoms with E-state index < -0.39 is 0 Å². The molecule has 11 heavy (non-hydrogen) atoms. The van der Waals surface area contributed by atoms with Crippen LogP contribution in [-0.2, 0) is 0 Å². The maximum atomic E-state index is 8.72. The summed E-state index contributed by atoms with van der Waals surface area (Å²) in [5.74, 6) is 0. The molecule has 3 heteroatoms. The van der Waals surface area contributed by atoms with Gasteiger partial charge in [0.25, 0.3) is 0 Å². The minimum atomic E-state index is -0.156. The number of hydrogen-bond acceptors (Lipinski definition) is 3. The van der Waals surface area contributed by atoms with Crippen molar-refractivity contribution in [2.75, 3.05) is 13.2 Å². The Morgan fingerprint density at radius 2 is 1.82 bits per heavy atom. The van der Waals surface area contributed by atoms with Crippen molar-refractivity contribution >= 4 is 0 Å². The van der Waals surface area contributed by atoms with Crippen molar-refractivity contribution in [2.24, 2.45) is 0 Å². The molecule has 0 radical (unpaired) electrons. The maximum Gasteiger partial charge on any atom is 0.0607 e. The largest absolute Gasteiger partial charge is 0.395 e. The van der Waals surface area contributed by atoms with Crippen molar-refractivity contribution < 1.29 is 10.2 Å². The second-order valence-corrected chi connectivity index (χ2v) is 2.92. The second kappa shape index (κ2) is 6.58. The molecule has 0 aromatic rings. The van der Waals surface area contributed by atoms with Gasteiger partial charge in [-0.1, -0.05) is 13.3 Å².